The molecule has 0 aliphatic heterocycles. The van der Waals surface area contributed by atoms with Gasteiger partial charge in [0.2, 0.25) is 0 Å². The molecule has 0 aliphatic rings. The van der Waals surface area contributed by atoms with E-state index in [-0.39, 0.29) is 0 Å². The summed E-state index contributed by atoms with van der Waals surface area (Å²) >= 11 is 0. The van der Waals surface area contributed by atoms with Gasteiger partial charge < -0.3 is 11.1 Å². The Morgan fingerprint density at radius 2 is 2.13 bits per heavy atom. The third kappa shape index (κ3) is 2.64. The second-order valence-corrected chi connectivity index (χ2v) is 4.01. The molecular weight excluding hydrogens is 188 g/mol. The van der Waals surface area contributed by atoms with Crippen molar-refractivity contribution in [2.45, 2.75) is 46.1 Å². The maximum Gasteiger partial charge on any atom is 0.147 e. The van der Waals surface area contributed by atoms with Gasteiger partial charge >= 0.3 is 0 Å². The lowest BCUT2D eigenvalue weighted by Gasteiger charge is -2.17. The minimum absolute atomic E-state index is 0.493. The van der Waals surface area contributed by atoms with E-state index >= 15 is 0 Å². The van der Waals surface area contributed by atoms with Crippen molar-refractivity contribution in [2.75, 3.05) is 11.1 Å². The van der Waals surface area contributed by atoms with E-state index in [2.05, 4.69) is 24.3 Å². The van der Waals surface area contributed by atoms with Crippen LogP contribution in [0.15, 0.2) is 0 Å². The zero-order chi connectivity index (χ0) is 11.4. The molecule has 0 amide bonds. The van der Waals surface area contributed by atoms with Gasteiger partial charge in [0.05, 0.1) is 11.4 Å². The topological polar surface area (TPSA) is 55.9 Å². The van der Waals surface area contributed by atoms with E-state index in [1.54, 1.807) is 0 Å². The summed E-state index contributed by atoms with van der Waals surface area (Å²) in [5, 5.41) is 7.75. The Morgan fingerprint density at radius 3 is 2.53 bits per heavy atom. The number of aromatic nitrogens is 2. The Kier molecular flexibility index (Phi) is 4.00. The molecule has 0 saturated carbocycles. The van der Waals surface area contributed by atoms with E-state index in [1.807, 2.05) is 18.7 Å². The number of hydrogen-bond donors (Lipinski definition) is 2. The van der Waals surface area contributed by atoms with Crippen molar-refractivity contribution < 1.29 is 0 Å². The summed E-state index contributed by atoms with van der Waals surface area (Å²) in [6.45, 7) is 6.32. The first-order chi connectivity index (χ1) is 7.10. The summed E-state index contributed by atoms with van der Waals surface area (Å²) < 4.78 is 1.82. The molecule has 0 saturated heterocycles. The fourth-order valence-electron chi connectivity index (χ4n) is 1.77. The monoisotopic (exact) mass is 210 g/mol. The van der Waals surface area contributed by atoms with Crippen LogP contribution in [-0.2, 0) is 7.05 Å². The van der Waals surface area contributed by atoms with Gasteiger partial charge in [-0.15, -0.1) is 0 Å². The summed E-state index contributed by atoms with van der Waals surface area (Å²) in [7, 11) is 1.92. The summed E-state index contributed by atoms with van der Waals surface area (Å²) in [6, 6.07) is 0.493. The van der Waals surface area contributed by atoms with Crippen LogP contribution < -0.4 is 11.1 Å². The highest BCUT2D eigenvalue weighted by atomic mass is 15.3. The van der Waals surface area contributed by atoms with Crippen molar-refractivity contribution >= 4 is 11.5 Å². The fraction of sp³-hybridized carbons (Fsp3) is 0.727. The van der Waals surface area contributed by atoms with Crippen LogP contribution >= 0.6 is 0 Å². The third-order valence-corrected chi connectivity index (χ3v) is 2.74. The highest BCUT2D eigenvalue weighted by Gasteiger charge is 2.13. The molecule has 15 heavy (non-hydrogen) atoms. The van der Waals surface area contributed by atoms with Gasteiger partial charge in [0.15, 0.2) is 0 Å². The molecule has 1 unspecified atom stereocenters. The minimum Gasteiger partial charge on any atom is -0.394 e. The van der Waals surface area contributed by atoms with Crippen LogP contribution in [0.3, 0.4) is 0 Å². The van der Waals surface area contributed by atoms with E-state index in [0.717, 1.165) is 23.6 Å². The average Bonchev–Trinajstić information content (AvgIpc) is 2.44. The van der Waals surface area contributed by atoms with E-state index < -0.39 is 0 Å². The summed E-state index contributed by atoms with van der Waals surface area (Å²) in [5.41, 5.74) is 7.62. The van der Waals surface area contributed by atoms with Crippen molar-refractivity contribution in [3.63, 3.8) is 0 Å². The van der Waals surface area contributed by atoms with Crippen LogP contribution in [0.25, 0.3) is 0 Å². The highest BCUT2D eigenvalue weighted by Crippen LogP contribution is 2.23. The number of anilines is 2. The van der Waals surface area contributed by atoms with Gasteiger partial charge in [0, 0.05) is 13.1 Å². The van der Waals surface area contributed by atoms with Crippen molar-refractivity contribution in [3.8, 4) is 0 Å². The molecule has 0 spiro atoms. The van der Waals surface area contributed by atoms with E-state index in [1.165, 1.54) is 12.8 Å². The quantitative estimate of drug-likeness (QED) is 0.784. The van der Waals surface area contributed by atoms with Gasteiger partial charge in [-0.05, 0) is 19.8 Å². The Balaban J connectivity index is 2.78. The molecule has 86 valence electrons. The lowest BCUT2D eigenvalue weighted by Crippen LogP contribution is -2.20. The van der Waals surface area contributed by atoms with Gasteiger partial charge in [-0.1, -0.05) is 20.3 Å². The SMILES string of the molecule is CCCC(CC)Nc1c(N)c(C)nn1C. The molecule has 3 N–H and O–H groups in total. The Bertz CT molecular complexity index is 317. The average molecular weight is 210 g/mol. The number of hydrogen-bond acceptors (Lipinski definition) is 3. The van der Waals surface area contributed by atoms with Crippen molar-refractivity contribution in [1.82, 2.24) is 9.78 Å². The zero-order valence-electron chi connectivity index (χ0n) is 10.2. The van der Waals surface area contributed by atoms with Crippen molar-refractivity contribution in [1.29, 1.82) is 0 Å². The molecular formula is C11H22N4. The first kappa shape index (κ1) is 11.9. The molecule has 0 radical (unpaired) electrons. The largest absolute Gasteiger partial charge is 0.394 e. The first-order valence-electron chi connectivity index (χ1n) is 5.65. The van der Waals surface area contributed by atoms with Gasteiger partial charge in [-0.3, -0.25) is 4.68 Å². The van der Waals surface area contributed by atoms with Gasteiger partial charge in [0.25, 0.3) is 0 Å². The predicted octanol–water partition coefficient (Wildman–Crippen LogP) is 2.30. The van der Waals surface area contributed by atoms with E-state index in [9.17, 15) is 0 Å². The van der Waals surface area contributed by atoms with Crippen LogP contribution in [0.1, 0.15) is 38.8 Å². The van der Waals surface area contributed by atoms with Crippen LogP contribution in [0.5, 0.6) is 0 Å². The number of aryl methyl sites for hydroxylation is 2. The molecule has 0 aromatic carbocycles. The maximum atomic E-state index is 5.96. The highest BCUT2D eigenvalue weighted by molar-refractivity contribution is 5.64. The fourth-order valence-corrected chi connectivity index (χ4v) is 1.77. The molecule has 1 aromatic heterocycles. The maximum absolute atomic E-state index is 5.96. The van der Waals surface area contributed by atoms with Crippen LogP contribution in [0, 0.1) is 6.92 Å². The van der Waals surface area contributed by atoms with Gasteiger partial charge in [-0.2, -0.15) is 5.10 Å². The molecule has 1 heterocycles. The molecule has 0 bridgehead atoms. The molecule has 1 rings (SSSR count). The molecule has 1 aromatic rings. The summed E-state index contributed by atoms with van der Waals surface area (Å²) in [5.74, 6) is 0.952. The third-order valence-electron chi connectivity index (χ3n) is 2.74. The number of nitrogens with zero attached hydrogens (tertiary/aromatic N) is 2. The summed E-state index contributed by atoms with van der Waals surface area (Å²) in [6.07, 6.45) is 3.46. The van der Waals surface area contributed by atoms with Gasteiger partial charge in [-0.25, -0.2) is 0 Å². The lowest BCUT2D eigenvalue weighted by atomic mass is 10.1. The lowest BCUT2D eigenvalue weighted by molar-refractivity contribution is 0.612. The zero-order valence-corrected chi connectivity index (χ0v) is 10.2. The van der Waals surface area contributed by atoms with E-state index in [4.69, 9.17) is 5.73 Å². The van der Waals surface area contributed by atoms with Crippen LogP contribution in [-0.4, -0.2) is 15.8 Å². The van der Waals surface area contributed by atoms with E-state index in [0.29, 0.717) is 6.04 Å². The Hall–Kier alpha value is -1.19. The molecule has 0 aliphatic carbocycles. The molecule has 4 heteroatoms. The Morgan fingerprint density at radius 1 is 1.47 bits per heavy atom. The normalized spacial score (nSPS) is 12.8. The number of rotatable bonds is 5. The second kappa shape index (κ2) is 5.05. The summed E-state index contributed by atoms with van der Waals surface area (Å²) in [4.78, 5) is 0. The minimum atomic E-state index is 0.493. The number of nitrogens with one attached hydrogen (secondary N) is 1. The number of nitrogens with two attached hydrogens (primary N) is 1. The molecule has 4 nitrogen and oxygen atoms in total. The molecule has 1 atom stereocenters. The van der Waals surface area contributed by atoms with Crippen molar-refractivity contribution in [2.24, 2.45) is 7.05 Å². The smallest absolute Gasteiger partial charge is 0.147 e. The standard InChI is InChI=1S/C11H22N4/c1-5-7-9(6-2)13-11-10(12)8(3)14-15(11)4/h9,13H,5-7,12H2,1-4H3. The van der Waals surface area contributed by atoms with Crippen molar-refractivity contribution in [3.05, 3.63) is 5.69 Å². The van der Waals surface area contributed by atoms with Crippen LogP contribution in [0.2, 0.25) is 0 Å². The second-order valence-electron chi connectivity index (χ2n) is 4.01. The first-order valence-corrected chi connectivity index (χ1v) is 5.65. The predicted molar refractivity (Wildman–Crippen MR) is 65.0 cm³/mol. The Labute approximate surface area is 91.8 Å². The number of nitrogen functional groups attached to an aromatic ring is 1. The van der Waals surface area contributed by atoms with Crippen LogP contribution in [0.4, 0.5) is 11.5 Å². The molecule has 0 fully saturated rings. The van der Waals surface area contributed by atoms with Gasteiger partial charge in [0.1, 0.15) is 5.82 Å².